The van der Waals surface area contributed by atoms with Gasteiger partial charge in [0, 0.05) is 24.0 Å². The van der Waals surface area contributed by atoms with Gasteiger partial charge in [-0.25, -0.2) is 4.79 Å². The molecule has 1 aliphatic heterocycles. The monoisotopic (exact) mass is 403 g/mol. The van der Waals surface area contributed by atoms with E-state index in [4.69, 9.17) is 29.4 Å². The van der Waals surface area contributed by atoms with Crippen molar-refractivity contribution in [2.24, 2.45) is 5.73 Å². The first-order chi connectivity index (χ1) is 14.0. The van der Waals surface area contributed by atoms with Gasteiger partial charge in [0.1, 0.15) is 11.3 Å². The number of carbonyl (C=O) groups excluding carboxylic acids is 2. The molecule has 0 aromatic heterocycles. The molecule has 8 nitrogen and oxygen atoms in total. The molecule has 1 aromatic carbocycles. The molecule has 8 heteroatoms. The maximum Gasteiger partial charge on any atom is 0.340 e. The Balaban J connectivity index is 2.28. The maximum atomic E-state index is 12.9. The number of rotatable bonds is 6. The minimum absolute atomic E-state index is 0.0706. The molecule has 0 fully saturated rings. The average molecular weight is 403 g/mol. The second-order valence-electron chi connectivity index (χ2n) is 6.57. The number of nitrogens with two attached hydrogens (primary N) is 1. The van der Waals surface area contributed by atoms with Gasteiger partial charge in [0.05, 0.1) is 33.9 Å². The Hall–Kier alpha value is -3.16. The van der Waals surface area contributed by atoms with Crippen LogP contribution in [0.4, 0.5) is 0 Å². The molecule has 1 atom stereocenters. The predicted molar refractivity (Wildman–Crippen MR) is 104 cm³/mol. The van der Waals surface area contributed by atoms with Crippen molar-refractivity contribution in [1.82, 2.24) is 0 Å². The summed E-state index contributed by atoms with van der Waals surface area (Å²) in [5.41, 5.74) is 7.14. The first kappa shape index (κ1) is 20.6. The fourth-order valence-electron chi connectivity index (χ4n) is 3.83. The summed E-state index contributed by atoms with van der Waals surface area (Å²) in [7, 11) is 4.48. The van der Waals surface area contributed by atoms with Crippen LogP contribution in [0, 0.1) is 0 Å². The molecule has 0 bridgehead atoms. The number of hydrogen-bond donors (Lipinski definition) is 1. The van der Waals surface area contributed by atoms with Gasteiger partial charge in [-0.2, -0.15) is 0 Å². The minimum Gasteiger partial charge on any atom is -0.493 e. The van der Waals surface area contributed by atoms with Crippen LogP contribution in [0.15, 0.2) is 34.9 Å². The van der Waals surface area contributed by atoms with Crippen molar-refractivity contribution in [1.29, 1.82) is 0 Å². The van der Waals surface area contributed by atoms with Gasteiger partial charge in [-0.1, -0.05) is 6.07 Å². The van der Waals surface area contributed by atoms with Crippen LogP contribution in [0.1, 0.15) is 37.7 Å². The molecule has 0 radical (unpaired) electrons. The summed E-state index contributed by atoms with van der Waals surface area (Å²) in [6.45, 7) is 1.85. The standard InChI is InChI=1S/C21H25NO7/c1-5-28-21(24)17-15(16-12(23)7-6-8-13(16)29-20(17)22)11-9-10-14(25-2)19(27-4)18(11)26-3/h9-10,15H,5-8,22H2,1-4H3. The van der Waals surface area contributed by atoms with E-state index in [1.807, 2.05) is 0 Å². The molecule has 0 amide bonds. The van der Waals surface area contributed by atoms with Gasteiger partial charge in [-0.3, -0.25) is 4.79 Å². The molecule has 1 aliphatic carbocycles. The third-order valence-corrected chi connectivity index (χ3v) is 5.03. The van der Waals surface area contributed by atoms with Crippen molar-refractivity contribution in [3.63, 3.8) is 0 Å². The highest BCUT2D eigenvalue weighted by Gasteiger charge is 2.43. The van der Waals surface area contributed by atoms with Crippen LogP contribution in [-0.2, 0) is 19.1 Å². The predicted octanol–water partition coefficient (Wildman–Crippen LogP) is 2.57. The van der Waals surface area contributed by atoms with Crippen molar-refractivity contribution in [3.05, 3.63) is 40.5 Å². The number of ether oxygens (including phenoxy) is 5. The molecule has 0 saturated heterocycles. The third-order valence-electron chi connectivity index (χ3n) is 5.03. The van der Waals surface area contributed by atoms with E-state index in [2.05, 4.69) is 0 Å². The van der Waals surface area contributed by atoms with Crippen molar-refractivity contribution in [2.45, 2.75) is 32.1 Å². The Morgan fingerprint density at radius 3 is 2.48 bits per heavy atom. The smallest absolute Gasteiger partial charge is 0.340 e. The minimum atomic E-state index is -0.791. The summed E-state index contributed by atoms with van der Waals surface area (Å²) >= 11 is 0. The van der Waals surface area contributed by atoms with E-state index >= 15 is 0 Å². The van der Waals surface area contributed by atoms with Crippen LogP contribution in [0.5, 0.6) is 17.2 Å². The number of Topliss-reactive ketones (excluding diaryl/α,β-unsaturated/α-hetero) is 1. The van der Waals surface area contributed by atoms with Crippen LogP contribution in [0.3, 0.4) is 0 Å². The van der Waals surface area contributed by atoms with Gasteiger partial charge in [-0.15, -0.1) is 0 Å². The number of carbonyl (C=O) groups is 2. The number of ketones is 1. The highest BCUT2D eigenvalue weighted by molar-refractivity contribution is 6.03. The zero-order valence-corrected chi connectivity index (χ0v) is 17.0. The fourth-order valence-corrected chi connectivity index (χ4v) is 3.83. The van der Waals surface area contributed by atoms with Crippen molar-refractivity contribution >= 4 is 11.8 Å². The summed E-state index contributed by atoms with van der Waals surface area (Å²) < 4.78 is 27.3. The average Bonchev–Trinajstić information content (AvgIpc) is 2.71. The summed E-state index contributed by atoms with van der Waals surface area (Å²) in [4.78, 5) is 25.7. The Bertz CT molecular complexity index is 901. The highest BCUT2D eigenvalue weighted by atomic mass is 16.5. The highest BCUT2D eigenvalue weighted by Crippen LogP contribution is 2.50. The quantitative estimate of drug-likeness (QED) is 0.723. The van der Waals surface area contributed by atoms with E-state index in [9.17, 15) is 9.59 Å². The maximum absolute atomic E-state index is 12.9. The third kappa shape index (κ3) is 3.50. The normalized spacial score (nSPS) is 18.8. The molecular formula is C21H25NO7. The zero-order chi connectivity index (χ0) is 21.1. The molecule has 2 N–H and O–H groups in total. The molecule has 29 heavy (non-hydrogen) atoms. The van der Waals surface area contributed by atoms with Gasteiger partial charge < -0.3 is 29.4 Å². The first-order valence-corrected chi connectivity index (χ1v) is 9.38. The summed E-state index contributed by atoms with van der Waals surface area (Å²) in [5.74, 6) is 0.0376. The van der Waals surface area contributed by atoms with Crippen LogP contribution < -0.4 is 19.9 Å². The molecular weight excluding hydrogens is 378 g/mol. The molecule has 3 rings (SSSR count). The van der Waals surface area contributed by atoms with Crippen LogP contribution in [0.2, 0.25) is 0 Å². The second kappa shape index (κ2) is 8.46. The van der Waals surface area contributed by atoms with Gasteiger partial charge in [0.15, 0.2) is 17.3 Å². The second-order valence-corrected chi connectivity index (χ2v) is 6.57. The molecule has 2 aliphatic rings. The van der Waals surface area contributed by atoms with E-state index in [1.165, 1.54) is 21.3 Å². The number of allylic oxidation sites excluding steroid dienone is 2. The number of hydrogen-bond acceptors (Lipinski definition) is 8. The lowest BCUT2D eigenvalue weighted by Crippen LogP contribution is -2.31. The summed E-state index contributed by atoms with van der Waals surface area (Å²) in [6, 6.07) is 3.42. The molecule has 1 unspecified atom stereocenters. The van der Waals surface area contributed by atoms with Crippen LogP contribution >= 0.6 is 0 Å². The van der Waals surface area contributed by atoms with Crippen LogP contribution in [-0.4, -0.2) is 39.7 Å². The molecule has 0 saturated carbocycles. The lowest BCUT2D eigenvalue weighted by atomic mass is 9.76. The summed E-state index contributed by atoms with van der Waals surface area (Å²) in [5, 5.41) is 0. The van der Waals surface area contributed by atoms with Gasteiger partial charge in [-0.05, 0) is 19.4 Å². The zero-order valence-electron chi connectivity index (χ0n) is 17.0. The van der Waals surface area contributed by atoms with Crippen molar-refractivity contribution in [2.75, 3.05) is 27.9 Å². The van der Waals surface area contributed by atoms with Gasteiger partial charge >= 0.3 is 5.97 Å². The summed E-state index contributed by atoms with van der Waals surface area (Å²) in [6.07, 6.45) is 1.59. The van der Waals surface area contributed by atoms with E-state index < -0.39 is 11.9 Å². The fraction of sp³-hybridized carbons (Fsp3) is 0.429. The number of methoxy groups -OCH3 is 3. The number of benzene rings is 1. The van der Waals surface area contributed by atoms with E-state index in [1.54, 1.807) is 19.1 Å². The lowest BCUT2D eigenvalue weighted by Gasteiger charge is -2.33. The molecule has 1 heterocycles. The van der Waals surface area contributed by atoms with E-state index in [0.717, 1.165) is 0 Å². The topological polar surface area (TPSA) is 106 Å². The van der Waals surface area contributed by atoms with Crippen LogP contribution in [0.25, 0.3) is 0 Å². The van der Waals surface area contributed by atoms with Gasteiger partial charge in [0.2, 0.25) is 11.6 Å². The Kier molecular flexibility index (Phi) is 6.00. The molecule has 0 spiro atoms. The Labute approximate surface area is 169 Å². The van der Waals surface area contributed by atoms with E-state index in [-0.39, 0.29) is 23.8 Å². The number of esters is 1. The molecule has 1 aromatic rings. The SMILES string of the molecule is CCOC(=O)C1=C(N)OC2=C(C(=O)CCC2)C1c1ccc(OC)c(OC)c1OC. The largest absolute Gasteiger partial charge is 0.493 e. The van der Waals surface area contributed by atoms with E-state index in [0.29, 0.717) is 53.4 Å². The lowest BCUT2D eigenvalue weighted by molar-refractivity contribution is -0.139. The van der Waals surface area contributed by atoms with Crippen molar-refractivity contribution < 1.29 is 33.3 Å². The Morgan fingerprint density at radius 1 is 1.14 bits per heavy atom. The van der Waals surface area contributed by atoms with Crippen molar-refractivity contribution in [3.8, 4) is 17.2 Å². The van der Waals surface area contributed by atoms with Gasteiger partial charge in [0.25, 0.3) is 0 Å². The Morgan fingerprint density at radius 2 is 1.86 bits per heavy atom. The molecule has 156 valence electrons. The first-order valence-electron chi connectivity index (χ1n) is 9.38.